The molecule has 0 aromatic rings. The summed E-state index contributed by atoms with van der Waals surface area (Å²) >= 11 is 0. The van der Waals surface area contributed by atoms with Gasteiger partial charge in [0.25, 0.3) is 0 Å². The summed E-state index contributed by atoms with van der Waals surface area (Å²) in [5.74, 6) is -1.01. The van der Waals surface area contributed by atoms with Gasteiger partial charge >= 0.3 is 11.9 Å². The summed E-state index contributed by atoms with van der Waals surface area (Å²) in [4.78, 5) is 25.6. The number of hydrogen-bond donors (Lipinski definition) is 7. The van der Waals surface area contributed by atoms with Crippen LogP contribution in [0.1, 0.15) is 142 Å². The monoisotopic (exact) mass is 911 g/mol. The smallest absolute Gasteiger partial charge is 0.306 e. The van der Waals surface area contributed by atoms with Crippen molar-refractivity contribution in [3.05, 3.63) is 60.8 Å². The van der Waals surface area contributed by atoms with Crippen LogP contribution in [0.3, 0.4) is 0 Å². The molecule has 2 heterocycles. The van der Waals surface area contributed by atoms with Crippen LogP contribution in [0.4, 0.5) is 0 Å². The van der Waals surface area contributed by atoms with Crippen molar-refractivity contribution in [3.8, 4) is 0 Å². The van der Waals surface area contributed by atoms with Crippen LogP contribution in [0, 0.1) is 0 Å². The minimum Gasteiger partial charge on any atom is -0.462 e. The van der Waals surface area contributed by atoms with E-state index in [1.165, 1.54) is 32.1 Å². The van der Waals surface area contributed by atoms with E-state index in [1.54, 1.807) is 0 Å². The Morgan fingerprint density at radius 3 is 1.58 bits per heavy atom. The summed E-state index contributed by atoms with van der Waals surface area (Å²) in [7, 11) is 0. The molecule has 4 unspecified atom stereocenters. The lowest BCUT2D eigenvalue weighted by Crippen LogP contribution is -2.61. The highest BCUT2D eigenvalue weighted by atomic mass is 16.7. The van der Waals surface area contributed by atoms with E-state index in [1.807, 2.05) is 12.2 Å². The first kappa shape index (κ1) is 57.3. The Labute approximate surface area is 381 Å². The van der Waals surface area contributed by atoms with Crippen LogP contribution in [-0.4, -0.2) is 142 Å². The summed E-state index contributed by atoms with van der Waals surface area (Å²) in [6, 6.07) is 0. The molecule has 0 aliphatic carbocycles. The molecule has 0 bridgehead atoms. The van der Waals surface area contributed by atoms with Crippen molar-refractivity contribution < 1.29 is 73.8 Å². The van der Waals surface area contributed by atoms with Crippen LogP contribution >= 0.6 is 0 Å². The van der Waals surface area contributed by atoms with E-state index >= 15 is 0 Å². The van der Waals surface area contributed by atoms with Crippen LogP contribution in [0.25, 0.3) is 0 Å². The molecule has 0 spiro atoms. The van der Waals surface area contributed by atoms with Gasteiger partial charge in [0.05, 0.1) is 19.8 Å². The highest BCUT2D eigenvalue weighted by Gasteiger charge is 2.47. The average molecular weight is 911 g/mol. The van der Waals surface area contributed by atoms with Crippen LogP contribution in [0.5, 0.6) is 0 Å². The van der Waals surface area contributed by atoms with Crippen molar-refractivity contribution in [3.63, 3.8) is 0 Å². The number of ether oxygens (including phenoxy) is 6. The standard InChI is InChI=1S/C49H82O15/c1-3-5-7-9-11-13-15-16-17-18-19-20-22-23-25-27-29-31-40(51)59-34-37(62-41(52)32-30-28-26-24-21-14-12-10-8-6-4-2)35-60-48-47(58)45(56)43(54)39(64-48)36-61-49-46(57)44(55)42(53)38(33-50)63-49/h10-13,16-17,19-20,23,25,37-39,42-50,53-58H,3-9,14-15,18,21-22,24,26-36H2,1-2H3/b12-10+,13-11+,17-16+,20-19+,25-23+/t37-,38+,39+,42-,43-,44?,45?,46?,47?,48+,49+/m0/s1. The summed E-state index contributed by atoms with van der Waals surface area (Å²) in [5.41, 5.74) is 0. The molecule has 0 aromatic carbocycles. The quantitative estimate of drug-likeness (QED) is 0.0230. The molecule has 15 nitrogen and oxygen atoms in total. The zero-order valence-electron chi connectivity index (χ0n) is 38.5. The molecule has 0 amide bonds. The van der Waals surface area contributed by atoms with Gasteiger partial charge < -0.3 is 64.2 Å². The molecule has 2 fully saturated rings. The molecule has 2 saturated heterocycles. The van der Waals surface area contributed by atoms with Crippen LogP contribution in [0.15, 0.2) is 60.8 Å². The zero-order chi connectivity index (χ0) is 46.8. The van der Waals surface area contributed by atoms with Crippen molar-refractivity contribution in [1.82, 2.24) is 0 Å². The first-order chi connectivity index (χ1) is 31.0. The highest BCUT2D eigenvalue weighted by molar-refractivity contribution is 5.70. The number of carbonyl (C=O) groups is 2. The fraction of sp³-hybridized carbons (Fsp3) is 0.755. The Kier molecular flexibility index (Phi) is 32.5. The minimum absolute atomic E-state index is 0.138. The second-order valence-corrected chi connectivity index (χ2v) is 16.6. The number of rotatable bonds is 35. The number of hydrogen-bond acceptors (Lipinski definition) is 15. The largest absolute Gasteiger partial charge is 0.462 e. The molecule has 368 valence electrons. The average Bonchev–Trinajstić information content (AvgIpc) is 3.29. The number of aliphatic hydroxyl groups excluding tert-OH is 7. The SMILES string of the molecule is CCCC/C=C/CCCCCCCC(=O)O[C@@H](COC(=O)CCC/C=C/C/C=C/C/C=C/C/C=C/CCCCC)CO[C@@H]1O[C@H](CO[C@@H]2O[C@H](CO)[C@H](O)C(O)C2O)[C@H](O)C(O)C1O. The molecule has 15 heteroatoms. The van der Waals surface area contributed by atoms with E-state index in [2.05, 4.69) is 62.5 Å². The maximum atomic E-state index is 12.9. The topological polar surface area (TPSA) is 231 Å². The third kappa shape index (κ3) is 24.6. The normalized spacial score (nSPS) is 27.1. The molecule has 7 N–H and O–H groups in total. The van der Waals surface area contributed by atoms with Gasteiger partial charge in [0.2, 0.25) is 0 Å². The van der Waals surface area contributed by atoms with Crippen molar-refractivity contribution in [2.45, 2.75) is 210 Å². The van der Waals surface area contributed by atoms with Crippen LogP contribution < -0.4 is 0 Å². The molecule has 0 radical (unpaired) electrons. The minimum atomic E-state index is -1.78. The number of esters is 2. The Bertz CT molecular complexity index is 1350. The van der Waals surface area contributed by atoms with Crippen LogP contribution in [0.2, 0.25) is 0 Å². The van der Waals surface area contributed by atoms with Crippen molar-refractivity contribution >= 4 is 11.9 Å². The van der Waals surface area contributed by atoms with Crippen LogP contribution in [-0.2, 0) is 38.0 Å². The molecular formula is C49H82O15. The highest BCUT2D eigenvalue weighted by Crippen LogP contribution is 2.26. The first-order valence-electron chi connectivity index (χ1n) is 23.9. The maximum Gasteiger partial charge on any atom is 0.306 e. The van der Waals surface area contributed by atoms with Gasteiger partial charge in [-0.25, -0.2) is 0 Å². The molecule has 2 rings (SSSR count). The summed E-state index contributed by atoms with van der Waals surface area (Å²) < 4.78 is 33.4. The molecule has 64 heavy (non-hydrogen) atoms. The lowest BCUT2D eigenvalue weighted by Gasteiger charge is -2.42. The number of aliphatic hydroxyl groups is 7. The van der Waals surface area contributed by atoms with E-state index in [4.69, 9.17) is 28.4 Å². The van der Waals surface area contributed by atoms with Gasteiger partial charge in [0, 0.05) is 12.8 Å². The van der Waals surface area contributed by atoms with Gasteiger partial charge in [-0.15, -0.1) is 0 Å². The number of unbranched alkanes of at least 4 members (excludes halogenated alkanes) is 11. The third-order valence-corrected chi connectivity index (χ3v) is 11.0. The van der Waals surface area contributed by atoms with Crippen molar-refractivity contribution in [2.24, 2.45) is 0 Å². The predicted octanol–water partition coefficient (Wildman–Crippen LogP) is 5.70. The van der Waals surface area contributed by atoms with E-state index in [0.29, 0.717) is 19.3 Å². The van der Waals surface area contributed by atoms with Gasteiger partial charge in [-0.1, -0.05) is 120 Å². The molecule has 2 aliphatic rings. The summed E-state index contributed by atoms with van der Waals surface area (Å²) in [5, 5.41) is 71.9. The molecule has 2 aliphatic heterocycles. The van der Waals surface area contributed by atoms with E-state index in [0.717, 1.165) is 64.2 Å². The van der Waals surface area contributed by atoms with E-state index < -0.39 is 99.3 Å². The van der Waals surface area contributed by atoms with Crippen molar-refractivity contribution in [2.75, 3.05) is 26.4 Å². The summed E-state index contributed by atoms with van der Waals surface area (Å²) in [6.45, 7) is 2.42. The fourth-order valence-electron chi connectivity index (χ4n) is 6.95. The number of allylic oxidation sites excluding steroid dienone is 10. The maximum absolute atomic E-state index is 12.9. The zero-order valence-corrected chi connectivity index (χ0v) is 38.5. The Hall–Kier alpha value is -2.80. The second kappa shape index (κ2) is 36.3. The predicted molar refractivity (Wildman–Crippen MR) is 243 cm³/mol. The summed E-state index contributed by atoms with van der Waals surface area (Å²) in [6.07, 6.45) is 22.7. The van der Waals surface area contributed by atoms with Gasteiger partial charge in [-0.2, -0.15) is 0 Å². The van der Waals surface area contributed by atoms with E-state index in [-0.39, 0.29) is 19.4 Å². The van der Waals surface area contributed by atoms with Crippen molar-refractivity contribution in [1.29, 1.82) is 0 Å². The molecular weight excluding hydrogens is 829 g/mol. The number of carbonyl (C=O) groups excluding carboxylic acids is 2. The lowest BCUT2D eigenvalue weighted by molar-refractivity contribution is -0.332. The second-order valence-electron chi connectivity index (χ2n) is 16.6. The fourth-order valence-corrected chi connectivity index (χ4v) is 6.95. The Balaban J connectivity index is 1.86. The van der Waals surface area contributed by atoms with E-state index in [9.17, 15) is 45.3 Å². The molecule has 0 saturated carbocycles. The van der Waals surface area contributed by atoms with Gasteiger partial charge in [-0.3, -0.25) is 9.59 Å². The molecule has 0 aromatic heterocycles. The molecule has 11 atom stereocenters. The Morgan fingerprint density at radius 1 is 0.500 bits per heavy atom. The Morgan fingerprint density at radius 2 is 0.969 bits per heavy atom. The lowest BCUT2D eigenvalue weighted by atomic mass is 9.98. The first-order valence-corrected chi connectivity index (χ1v) is 23.9. The van der Waals surface area contributed by atoms with Gasteiger partial charge in [0.1, 0.15) is 55.4 Å². The van der Waals surface area contributed by atoms with Gasteiger partial charge in [0.15, 0.2) is 18.7 Å². The third-order valence-electron chi connectivity index (χ3n) is 11.0. The van der Waals surface area contributed by atoms with Gasteiger partial charge in [-0.05, 0) is 70.6 Å².